The summed E-state index contributed by atoms with van der Waals surface area (Å²) in [5.41, 5.74) is 2.83. The molecule has 0 saturated carbocycles. The normalized spacial score (nSPS) is 12.3. The quantitative estimate of drug-likeness (QED) is 0.672. The van der Waals surface area contributed by atoms with Crippen LogP contribution in [0.15, 0.2) is 0 Å². The van der Waals surface area contributed by atoms with E-state index in [2.05, 4.69) is 29.0 Å². The van der Waals surface area contributed by atoms with Gasteiger partial charge < -0.3 is 5.32 Å². The molecule has 0 bridgehead atoms. The van der Waals surface area contributed by atoms with Crippen molar-refractivity contribution in [1.29, 1.82) is 0 Å². The third kappa shape index (κ3) is 6.15. The highest BCUT2D eigenvalue weighted by Crippen LogP contribution is 2.11. The van der Waals surface area contributed by atoms with E-state index in [9.17, 15) is 8.42 Å². The van der Waals surface area contributed by atoms with Gasteiger partial charge in [0.05, 0.1) is 11.4 Å². The van der Waals surface area contributed by atoms with E-state index in [0.29, 0.717) is 19.0 Å². The molecule has 0 fully saturated rings. The summed E-state index contributed by atoms with van der Waals surface area (Å²) in [6, 6.07) is 0.441. The van der Waals surface area contributed by atoms with Crippen molar-refractivity contribution in [3.8, 4) is 0 Å². The Morgan fingerprint density at radius 3 is 2.43 bits per heavy atom. The predicted molar refractivity (Wildman–Crippen MR) is 85.7 cm³/mol. The minimum absolute atomic E-state index is 0.172. The Kier molecular flexibility index (Phi) is 6.83. The van der Waals surface area contributed by atoms with Crippen molar-refractivity contribution in [1.82, 2.24) is 19.8 Å². The van der Waals surface area contributed by atoms with Crippen LogP contribution in [0.1, 0.15) is 43.6 Å². The Hall–Kier alpha value is -0.920. The molecule has 1 aromatic heterocycles. The Morgan fingerprint density at radius 2 is 1.90 bits per heavy atom. The van der Waals surface area contributed by atoms with Gasteiger partial charge in [-0.2, -0.15) is 5.10 Å². The minimum Gasteiger partial charge on any atom is -0.315 e. The molecule has 0 spiro atoms. The fraction of sp³-hybridized carbons (Fsp3) is 0.786. The van der Waals surface area contributed by atoms with Gasteiger partial charge >= 0.3 is 0 Å². The molecule has 122 valence electrons. The summed E-state index contributed by atoms with van der Waals surface area (Å²) in [4.78, 5) is 0. The highest BCUT2D eigenvalue weighted by molar-refractivity contribution is 7.89. The van der Waals surface area contributed by atoms with Crippen molar-refractivity contribution in [3.63, 3.8) is 0 Å². The van der Waals surface area contributed by atoms with Crippen molar-refractivity contribution in [2.45, 2.75) is 53.1 Å². The summed E-state index contributed by atoms with van der Waals surface area (Å²) >= 11 is 0. The van der Waals surface area contributed by atoms with Crippen LogP contribution in [0, 0.1) is 13.8 Å². The standard InChI is InChI=1S/C14H28N4O2S/c1-11(2)15-8-6-7-9-21(19,20)16-10-14-12(3)17-18(5)13(14)4/h11,15-16H,6-10H2,1-5H3. The first-order chi connectivity index (χ1) is 9.73. The molecule has 0 aromatic carbocycles. The van der Waals surface area contributed by atoms with Gasteiger partial charge in [-0.1, -0.05) is 13.8 Å². The van der Waals surface area contributed by atoms with Crippen LogP contribution < -0.4 is 10.0 Å². The number of rotatable bonds is 9. The van der Waals surface area contributed by atoms with Crippen LogP contribution in [0.2, 0.25) is 0 Å². The fourth-order valence-corrected chi connectivity index (χ4v) is 3.23. The third-order valence-corrected chi connectivity index (χ3v) is 4.93. The van der Waals surface area contributed by atoms with Gasteiger partial charge in [-0.25, -0.2) is 13.1 Å². The summed E-state index contributed by atoms with van der Waals surface area (Å²) in [5.74, 6) is 0.172. The van der Waals surface area contributed by atoms with E-state index in [-0.39, 0.29) is 5.75 Å². The molecule has 0 unspecified atom stereocenters. The van der Waals surface area contributed by atoms with E-state index >= 15 is 0 Å². The third-order valence-electron chi connectivity index (χ3n) is 3.52. The lowest BCUT2D eigenvalue weighted by Gasteiger charge is -2.09. The number of nitrogens with zero attached hydrogens (tertiary/aromatic N) is 2. The van der Waals surface area contributed by atoms with Crippen molar-refractivity contribution < 1.29 is 8.42 Å². The molecule has 1 heterocycles. The molecule has 0 atom stereocenters. The Morgan fingerprint density at radius 1 is 1.24 bits per heavy atom. The lowest BCUT2D eigenvalue weighted by molar-refractivity contribution is 0.555. The van der Waals surface area contributed by atoms with Crippen LogP contribution in [0.3, 0.4) is 0 Å². The number of aryl methyl sites for hydroxylation is 2. The lowest BCUT2D eigenvalue weighted by Crippen LogP contribution is -2.28. The van der Waals surface area contributed by atoms with Gasteiger partial charge in [0.15, 0.2) is 0 Å². The number of hydrogen-bond donors (Lipinski definition) is 2. The smallest absolute Gasteiger partial charge is 0.211 e. The van der Waals surface area contributed by atoms with E-state index in [1.165, 1.54) is 0 Å². The Labute approximate surface area is 128 Å². The van der Waals surface area contributed by atoms with Gasteiger partial charge in [-0.3, -0.25) is 4.68 Å². The Bertz CT molecular complexity index is 550. The number of aromatic nitrogens is 2. The molecule has 0 aliphatic heterocycles. The second kappa shape index (κ2) is 7.91. The number of unbranched alkanes of at least 4 members (excludes halogenated alkanes) is 1. The maximum atomic E-state index is 12.0. The second-order valence-corrected chi connectivity index (χ2v) is 7.66. The largest absolute Gasteiger partial charge is 0.315 e. The monoisotopic (exact) mass is 316 g/mol. The molecule has 0 saturated heterocycles. The fourth-order valence-electron chi connectivity index (χ4n) is 2.14. The molecule has 0 amide bonds. The molecule has 7 heteroatoms. The van der Waals surface area contributed by atoms with Crippen LogP contribution in [0.25, 0.3) is 0 Å². The molecule has 2 N–H and O–H groups in total. The van der Waals surface area contributed by atoms with Gasteiger partial charge in [0.2, 0.25) is 10.0 Å². The van der Waals surface area contributed by atoms with E-state index in [0.717, 1.165) is 29.9 Å². The first-order valence-electron chi connectivity index (χ1n) is 7.42. The summed E-state index contributed by atoms with van der Waals surface area (Å²) < 4.78 is 28.4. The van der Waals surface area contributed by atoms with Crippen molar-refractivity contribution in [2.24, 2.45) is 7.05 Å². The van der Waals surface area contributed by atoms with Crippen LogP contribution in [0.4, 0.5) is 0 Å². The molecule has 0 aliphatic carbocycles. The van der Waals surface area contributed by atoms with E-state index in [1.807, 2.05) is 20.9 Å². The first-order valence-corrected chi connectivity index (χ1v) is 9.08. The minimum atomic E-state index is -3.22. The van der Waals surface area contributed by atoms with Gasteiger partial charge in [0, 0.05) is 30.9 Å². The van der Waals surface area contributed by atoms with Crippen molar-refractivity contribution in [3.05, 3.63) is 17.0 Å². The van der Waals surface area contributed by atoms with Gasteiger partial charge in [0.1, 0.15) is 0 Å². The summed E-state index contributed by atoms with van der Waals surface area (Å²) in [6.45, 7) is 9.18. The van der Waals surface area contributed by atoms with E-state index < -0.39 is 10.0 Å². The van der Waals surface area contributed by atoms with Crippen molar-refractivity contribution in [2.75, 3.05) is 12.3 Å². The number of hydrogen-bond acceptors (Lipinski definition) is 4. The van der Waals surface area contributed by atoms with Crippen LogP contribution in [-0.2, 0) is 23.6 Å². The molecule has 1 aromatic rings. The number of nitrogens with one attached hydrogen (secondary N) is 2. The molecule has 1 rings (SSSR count). The second-order valence-electron chi connectivity index (χ2n) is 5.73. The molecule has 0 aliphatic rings. The summed E-state index contributed by atoms with van der Waals surface area (Å²) in [6.07, 6.45) is 1.53. The van der Waals surface area contributed by atoms with Gasteiger partial charge in [-0.05, 0) is 33.2 Å². The summed E-state index contributed by atoms with van der Waals surface area (Å²) in [7, 11) is -1.36. The lowest BCUT2D eigenvalue weighted by atomic mass is 10.2. The molecule has 6 nitrogen and oxygen atoms in total. The predicted octanol–water partition coefficient (Wildman–Crippen LogP) is 1.23. The zero-order valence-corrected chi connectivity index (χ0v) is 14.5. The average molecular weight is 316 g/mol. The van der Waals surface area contributed by atoms with E-state index in [1.54, 1.807) is 4.68 Å². The number of sulfonamides is 1. The average Bonchev–Trinajstić information content (AvgIpc) is 2.60. The SMILES string of the molecule is Cc1nn(C)c(C)c1CNS(=O)(=O)CCCCNC(C)C. The molecular weight excluding hydrogens is 288 g/mol. The van der Waals surface area contributed by atoms with Crippen molar-refractivity contribution >= 4 is 10.0 Å². The Balaban J connectivity index is 2.39. The zero-order valence-electron chi connectivity index (χ0n) is 13.7. The van der Waals surface area contributed by atoms with Crippen LogP contribution >= 0.6 is 0 Å². The first kappa shape index (κ1) is 18.1. The molecular formula is C14H28N4O2S. The van der Waals surface area contributed by atoms with Gasteiger partial charge in [-0.15, -0.1) is 0 Å². The highest BCUT2D eigenvalue weighted by Gasteiger charge is 2.14. The maximum Gasteiger partial charge on any atom is 0.211 e. The van der Waals surface area contributed by atoms with E-state index in [4.69, 9.17) is 0 Å². The topological polar surface area (TPSA) is 76.0 Å². The van der Waals surface area contributed by atoms with Gasteiger partial charge in [0.25, 0.3) is 0 Å². The van der Waals surface area contributed by atoms with Crippen LogP contribution in [-0.4, -0.2) is 36.5 Å². The molecule has 0 radical (unpaired) electrons. The highest BCUT2D eigenvalue weighted by atomic mass is 32.2. The molecule has 21 heavy (non-hydrogen) atoms. The van der Waals surface area contributed by atoms with Crippen LogP contribution in [0.5, 0.6) is 0 Å². The summed E-state index contributed by atoms with van der Waals surface area (Å²) in [5, 5.41) is 7.57. The zero-order chi connectivity index (χ0) is 16.0. The maximum absolute atomic E-state index is 12.0.